The van der Waals surface area contributed by atoms with Gasteiger partial charge in [0, 0.05) is 11.8 Å². The van der Waals surface area contributed by atoms with Crippen molar-refractivity contribution in [3.63, 3.8) is 0 Å². The van der Waals surface area contributed by atoms with Gasteiger partial charge in [-0.3, -0.25) is 0 Å². The molecule has 2 saturated heterocycles. The minimum atomic E-state index is -3.04. The predicted molar refractivity (Wildman–Crippen MR) is 104 cm³/mol. The van der Waals surface area contributed by atoms with Gasteiger partial charge in [0.25, 0.3) is 0 Å². The van der Waals surface area contributed by atoms with Gasteiger partial charge in [0.05, 0.1) is 13.2 Å². The first-order valence-corrected chi connectivity index (χ1v) is 12.8. The van der Waals surface area contributed by atoms with E-state index in [2.05, 4.69) is 32.6 Å². The quantitative estimate of drug-likeness (QED) is 0.501. The molecule has 24 heavy (non-hydrogen) atoms. The highest BCUT2D eigenvalue weighted by Crippen LogP contribution is 2.62. The second kappa shape index (κ2) is 9.97. The van der Waals surface area contributed by atoms with Gasteiger partial charge in [-0.2, -0.15) is 0 Å². The number of nitrogens with zero attached hydrogens (tertiary/aromatic N) is 1. The van der Waals surface area contributed by atoms with Crippen LogP contribution in [0.15, 0.2) is 0 Å². The first-order chi connectivity index (χ1) is 11.4. The topological polar surface area (TPSA) is 38.8 Å². The Balaban J connectivity index is 1.91. The Morgan fingerprint density at radius 2 is 1.62 bits per heavy atom. The van der Waals surface area contributed by atoms with Crippen molar-refractivity contribution in [1.29, 1.82) is 0 Å². The molecule has 0 saturated carbocycles. The van der Waals surface area contributed by atoms with Crippen LogP contribution in [0, 0.1) is 17.8 Å². The predicted octanol–water partition coefficient (Wildman–Crippen LogP) is 5.44. The molecule has 0 aromatic carbocycles. The molecule has 2 atom stereocenters. The third-order valence-electron chi connectivity index (χ3n) is 4.81. The second-order valence-corrected chi connectivity index (χ2v) is 12.2. The van der Waals surface area contributed by atoms with Crippen molar-refractivity contribution in [3.05, 3.63) is 0 Å². The zero-order chi connectivity index (χ0) is 17.6. The van der Waals surface area contributed by atoms with Gasteiger partial charge < -0.3 is 13.9 Å². The summed E-state index contributed by atoms with van der Waals surface area (Å²) in [6.45, 7) is 8.78. The Hall–Kier alpha value is 0.460. The Morgan fingerprint density at radius 3 is 2.25 bits per heavy atom. The number of hydrogen-bond acceptors (Lipinski definition) is 5. The molecule has 0 aliphatic carbocycles. The van der Waals surface area contributed by atoms with Gasteiger partial charge in [0.1, 0.15) is 0 Å². The molecule has 2 aliphatic heterocycles. The molecular formula is C18H36NO3PS. The van der Waals surface area contributed by atoms with Crippen LogP contribution >= 0.6 is 18.2 Å². The minimum Gasteiger partial charge on any atom is -0.300 e. The van der Waals surface area contributed by atoms with Crippen LogP contribution in [0.4, 0.5) is 0 Å². The van der Waals surface area contributed by atoms with Crippen LogP contribution < -0.4 is 0 Å². The maximum absolute atomic E-state index is 13.1. The van der Waals surface area contributed by atoms with Gasteiger partial charge in [-0.1, -0.05) is 34.1 Å². The molecular weight excluding hydrogens is 341 g/mol. The Bertz CT molecular complexity index is 401. The van der Waals surface area contributed by atoms with E-state index in [0.29, 0.717) is 37.0 Å². The fraction of sp³-hybridized carbons (Fsp3) is 1.00. The Kier molecular flexibility index (Phi) is 8.62. The fourth-order valence-electron chi connectivity index (χ4n) is 3.55. The highest BCUT2D eigenvalue weighted by molar-refractivity contribution is 8.55. The zero-order valence-electron chi connectivity index (χ0n) is 15.9. The van der Waals surface area contributed by atoms with Crippen LogP contribution in [0.25, 0.3) is 0 Å². The van der Waals surface area contributed by atoms with Crippen LogP contribution in [-0.4, -0.2) is 43.0 Å². The SMILES string of the molecule is CC(C)COP(=O)(OCC(C)C)SC[C@H]1CCCN2CCCCC12. The molecule has 2 fully saturated rings. The zero-order valence-corrected chi connectivity index (χ0v) is 17.6. The van der Waals surface area contributed by atoms with Crippen LogP contribution in [0.3, 0.4) is 0 Å². The van der Waals surface area contributed by atoms with E-state index in [4.69, 9.17) is 9.05 Å². The van der Waals surface area contributed by atoms with Gasteiger partial charge in [-0.25, -0.2) is 4.57 Å². The summed E-state index contributed by atoms with van der Waals surface area (Å²) in [5, 5.41) is 0. The Morgan fingerprint density at radius 1 is 1.00 bits per heavy atom. The lowest BCUT2D eigenvalue weighted by Gasteiger charge is -2.44. The van der Waals surface area contributed by atoms with Crippen molar-refractivity contribution in [2.24, 2.45) is 17.8 Å². The van der Waals surface area contributed by atoms with Crippen molar-refractivity contribution in [1.82, 2.24) is 4.90 Å². The maximum atomic E-state index is 13.1. The van der Waals surface area contributed by atoms with Crippen molar-refractivity contribution in [3.8, 4) is 0 Å². The van der Waals surface area contributed by atoms with E-state index in [0.717, 1.165) is 5.75 Å². The van der Waals surface area contributed by atoms with Crippen LogP contribution in [-0.2, 0) is 13.6 Å². The maximum Gasteiger partial charge on any atom is 0.389 e. The first-order valence-electron chi connectivity index (χ1n) is 9.67. The van der Waals surface area contributed by atoms with Gasteiger partial charge in [-0.15, -0.1) is 0 Å². The molecule has 2 heterocycles. The molecule has 4 nitrogen and oxygen atoms in total. The van der Waals surface area contributed by atoms with E-state index in [1.807, 2.05) is 0 Å². The Labute approximate surface area is 152 Å². The molecule has 0 amide bonds. The summed E-state index contributed by atoms with van der Waals surface area (Å²) >= 11 is 1.45. The second-order valence-electron chi connectivity index (χ2n) is 8.12. The molecule has 0 aromatic rings. The summed E-state index contributed by atoms with van der Waals surface area (Å²) in [4.78, 5) is 2.66. The number of hydrogen-bond donors (Lipinski definition) is 0. The average Bonchev–Trinajstić information content (AvgIpc) is 2.56. The van der Waals surface area contributed by atoms with Crippen molar-refractivity contribution in [2.45, 2.75) is 65.8 Å². The van der Waals surface area contributed by atoms with E-state index in [1.165, 1.54) is 56.6 Å². The number of rotatable bonds is 9. The van der Waals surface area contributed by atoms with Gasteiger partial charge in [-0.05, 0) is 67.9 Å². The van der Waals surface area contributed by atoms with Gasteiger partial charge in [0.2, 0.25) is 0 Å². The highest BCUT2D eigenvalue weighted by atomic mass is 32.7. The normalized spacial score (nSPS) is 26.1. The summed E-state index contributed by atoms with van der Waals surface area (Å²) in [6, 6.07) is 0.684. The van der Waals surface area contributed by atoms with Crippen LogP contribution in [0.5, 0.6) is 0 Å². The van der Waals surface area contributed by atoms with Crippen LogP contribution in [0.1, 0.15) is 59.8 Å². The van der Waals surface area contributed by atoms with E-state index in [1.54, 1.807) is 0 Å². The minimum absolute atomic E-state index is 0.366. The lowest BCUT2D eigenvalue weighted by atomic mass is 9.85. The number of piperidine rings is 2. The van der Waals surface area contributed by atoms with Crippen LogP contribution in [0.2, 0.25) is 0 Å². The average molecular weight is 378 g/mol. The lowest BCUT2D eigenvalue weighted by molar-refractivity contribution is 0.0693. The molecule has 2 aliphatic rings. The lowest BCUT2D eigenvalue weighted by Crippen LogP contribution is -2.48. The molecule has 0 radical (unpaired) electrons. The van der Waals surface area contributed by atoms with E-state index < -0.39 is 6.80 Å². The molecule has 0 N–H and O–H groups in total. The smallest absolute Gasteiger partial charge is 0.300 e. The van der Waals surface area contributed by atoms with Crippen molar-refractivity contribution < 1.29 is 13.6 Å². The van der Waals surface area contributed by atoms with E-state index in [-0.39, 0.29) is 0 Å². The molecule has 0 bridgehead atoms. The molecule has 0 spiro atoms. The third kappa shape index (κ3) is 6.64. The summed E-state index contributed by atoms with van der Waals surface area (Å²) in [5.41, 5.74) is 0. The van der Waals surface area contributed by atoms with E-state index in [9.17, 15) is 4.57 Å². The summed E-state index contributed by atoms with van der Waals surface area (Å²) < 4.78 is 24.6. The summed E-state index contributed by atoms with van der Waals surface area (Å²) in [7, 11) is 0. The van der Waals surface area contributed by atoms with E-state index >= 15 is 0 Å². The molecule has 142 valence electrons. The standard InChI is InChI=1S/C18H36NO3PS/c1-15(2)12-21-23(20,22-13-16(3)4)24-14-17-8-7-11-19-10-6-5-9-18(17)19/h15-18H,5-14H2,1-4H3/t17-,18?/m1/s1. The van der Waals surface area contributed by atoms with Gasteiger partial charge >= 0.3 is 6.80 Å². The molecule has 0 aromatic heterocycles. The monoisotopic (exact) mass is 377 g/mol. The molecule has 1 unspecified atom stereocenters. The third-order valence-corrected chi connectivity index (χ3v) is 8.66. The van der Waals surface area contributed by atoms with Gasteiger partial charge in [0.15, 0.2) is 0 Å². The largest absolute Gasteiger partial charge is 0.389 e. The molecule has 2 rings (SSSR count). The first kappa shape index (κ1) is 20.8. The fourth-order valence-corrected chi connectivity index (χ4v) is 7.43. The highest BCUT2D eigenvalue weighted by Gasteiger charge is 2.35. The summed E-state index contributed by atoms with van der Waals surface area (Å²) in [5.74, 6) is 2.26. The summed E-state index contributed by atoms with van der Waals surface area (Å²) in [6.07, 6.45) is 6.50. The van der Waals surface area contributed by atoms with Crippen molar-refractivity contribution in [2.75, 3.05) is 32.1 Å². The van der Waals surface area contributed by atoms with Crippen molar-refractivity contribution >= 4 is 18.2 Å². The number of fused-ring (bicyclic) bond motifs is 1. The molecule has 6 heteroatoms.